The van der Waals surface area contributed by atoms with Crippen molar-refractivity contribution in [3.8, 4) is 0 Å². The van der Waals surface area contributed by atoms with Crippen LogP contribution in [0.3, 0.4) is 0 Å². The van der Waals surface area contributed by atoms with E-state index in [1.807, 2.05) is 6.08 Å². The average Bonchev–Trinajstić information content (AvgIpc) is 2.49. The number of allylic oxidation sites excluding steroid dienone is 1. The van der Waals surface area contributed by atoms with Gasteiger partial charge in [-0.2, -0.15) is 0 Å². The molecule has 5 heteroatoms. The van der Waals surface area contributed by atoms with Crippen molar-refractivity contribution >= 4 is 11.9 Å². The quantitative estimate of drug-likeness (QED) is 0.739. The molecule has 1 aliphatic heterocycles. The van der Waals surface area contributed by atoms with Crippen LogP contribution < -0.4 is 16.0 Å². The van der Waals surface area contributed by atoms with Crippen molar-refractivity contribution in [2.75, 3.05) is 13.1 Å². The Hall–Kier alpha value is -1.36. The topological polar surface area (TPSA) is 70.2 Å². The molecule has 0 bridgehead atoms. The summed E-state index contributed by atoms with van der Waals surface area (Å²) in [6, 6.07) is -0.416. The number of hydrogen-bond donors (Lipinski definition) is 3. The summed E-state index contributed by atoms with van der Waals surface area (Å²) in [5.74, 6) is 0.378. The summed E-state index contributed by atoms with van der Waals surface area (Å²) < 4.78 is 0. The first-order valence-corrected chi connectivity index (χ1v) is 7.74. The number of carbonyl (C=O) groups is 2. The van der Waals surface area contributed by atoms with Crippen LogP contribution in [0.25, 0.3) is 0 Å². The largest absolute Gasteiger partial charge is 0.325 e. The molecule has 0 radical (unpaired) electrons. The predicted octanol–water partition coefficient (Wildman–Crippen LogP) is 1.91. The standard InChI is InChI=1S/C15H25N3O2/c19-14(13-7-9-16-10-8-13)18-15(20)17-11-6-12-4-2-1-3-5-12/h6,11-13,16H,1-5,7-10H2,(H2,17,18,19,20)/b11-6+. The van der Waals surface area contributed by atoms with Gasteiger partial charge in [-0.25, -0.2) is 4.79 Å². The molecule has 20 heavy (non-hydrogen) atoms. The Morgan fingerprint density at radius 2 is 1.70 bits per heavy atom. The van der Waals surface area contributed by atoms with Gasteiger partial charge in [-0.15, -0.1) is 0 Å². The molecular formula is C15H25N3O2. The number of rotatable bonds is 3. The molecule has 3 N–H and O–H groups in total. The fourth-order valence-corrected chi connectivity index (χ4v) is 2.92. The summed E-state index contributed by atoms with van der Waals surface area (Å²) in [6.07, 6.45) is 11.6. The van der Waals surface area contributed by atoms with E-state index in [-0.39, 0.29) is 11.8 Å². The Balaban J connectivity index is 1.66. The van der Waals surface area contributed by atoms with Gasteiger partial charge in [0.2, 0.25) is 5.91 Å². The lowest BCUT2D eigenvalue weighted by Crippen LogP contribution is -2.43. The number of piperidine rings is 1. The van der Waals surface area contributed by atoms with Gasteiger partial charge >= 0.3 is 6.03 Å². The molecule has 2 fully saturated rings. The zero-order valence-electron chi connectivity index (χ0n) is 12.0. The molecule has 0 aromatic carbocycles. The van der Waals surface area contributed by atoms with Crippen LogP contribution >= 0.6 is 0 Å². The van der Waals surface area contributed by atoms with Crippen molar-refractivity contribution in [2.24, 2.45) is 11.8 Å². The van der Waals surface area contributed by atoms with Crippen molar-refractivity contribution in [3.05, 3.63) is 12.3 Å². The van der Waals surface area contributed by atoms with E-state index in [1.54, 1.807) is 6.20 Å². The highest BCUT2D eigenvalue weighted by molar-refractivity contribution is 5.95. The van der Waals surface area contributed by atoms with Gasteiger partial charge in [0.15, 0.2) is 0 Å². The second-order valence-corrected chi connectivity index (χ2v) is 5.74. The highest BCUT2D eigenvalue weighted by Crippen LogP contribution is 2.24. The maximum Gasteiger partial charge on any atom is 0.325 e. The van der Waals surface area contributed by atoms with Crippen LogP contribution in [0, 0.1) is 11.8 Å². The van der Waals surface area contributed by atoms with Crippen molar-refractivity contribution in [1.29, 1.82) is 0 Å². The Kier molecular flexibility index (Phi) is 6.05. The first kappa shape index (κ1) is 15.0. The van der Waals surface area contributed by atoms with E-state index in [1.165, 1.54) is 32.1 Å². The Morgan fingerprint density at radius 1 is 1.00 bits per heavy atom. The van der Waals surface area contributed by atoms with Crippen LogP contribution in [0.2, 0.25) is 0 Å². The molecule has 0 unspecified atom stereocenters. The van der Waals surface area contributed by atoms with E-state index in [2.05, 4.69) is 16.0 Å². The smallest absolute Gasteiger partial charge is 0.317 e. The third-order valence-corrected chi connectivity index (χ3v) is 4.18. The van der Waals surface area contributed by atoms with Gasteiger partial charge in [0, 0.05) is 12.1 Å². The molecule has 2 aliphatic rings. The molecule has 1 aliphatic carbocycles. The summed E-state index contributed by atoms with van der Waals surface area (Å²) in [7, 11) is 0. The zero-order valence-corrected chi connectivity index (χ0v) is 12.0. The maximum atomic E-state index is 11.8. The molecular weight excluding hydrogens is 254 g/mol. The lowest BCUT2D eigenvalue weighted by Gasteiger charge is -2.21. The molecule has 1 saturated heterocycles. The van der Waals surface area contributed by atoms with Crippen LogP contribution in [-0.4, -0.2) is 25.0 Å². The van der Waals surface area contributed by atoms with E-state index in [0.717, 1.165) is 25.9 Å². The highest BCUT2D eigenvalue weighted by atomic mass is 16.2. The van der Waals surface area contributed by atoms with Crippen LogP contribution in [0.4, 0.5) is 4.79 Å². The third-order valence-electron chi connectivity index (χ3n) is 4.18. The van der Waals surface area contributed by atoms with Crippen LogP contribution in [-0.2, 0) is 4.79 Å². The molecule has 0 spiro atoms. The van der Waals surface area contributed by atoms with Crippen molar-refractivity contribution in [3.63, 3.8) is 0 Å². The first-order valence-electron chi connectivity index (χ1n) is 7.74. The summed E-state index contributed by atoms with van der Waals surface area (Å²) in [5, 5.41) is 8.25. The minimum atomic E-state index is -0.416. The minimum Gasteiger partial charge on any atom is -0.317 e. The molecule has 1 heterocycles. The van der Waals surface area contributed by atoms with E-state index >= 15 is 0 Å². The SMILES string of the molecule is O=C(N/C=C/C1CCCCC1)NC(=O)C1CCNCC1. The molecule has 2 rings (SSSR count). The second kappa shape index (κ2) is 8.04. The molecule has 112 valence electrons. The molecule has 5 nitrogen and oxygen atoms in total. The average molecular weight is 279 g/mol. The number of carbonyl (C=O) groups excluding carboxylic acids is 2. The Morgan fingerprint density at radius 3 is 2.40 bits per heavy atom. The maximum absolute atomic E-state index is 11.8. The van der Waals surface area contributed by atoms with Gasteiger partial charge in [0.25, 0.3) is 0 Å². The number of urea groups is 1. The predicted molar refractivity (Wildman–Crippen MR) is 78.0 cm³/mol. The summed E-state index contributed by atoms with van der Waals surface area (Å²) in [4.78, 5) is 23.5. The van der Waals surface area contributed by atoms with Crippen molar-refractivity contribution < 1.29 is 9.59 Å². The van der Waals surface area contributed by atoms with E-state index in [0.29, 0.717) is 5.92 Å². The van der Waals surface area contributed by atoms with Crippen LogP contribution in [0.15, 0.2) is 12.3 Å². The number of nitrogens with one attached hydrogen (secondary N) is 3. The summed E-state index contributed by atoms with van der Waals surface area (Å²) >= 11 is 0. The Labute approximate surface area is 120 Å². The Bertz CT molecular complexity index is 356. The summed E-state index contributed by atoms with van der Waals surface area (Å²) in [6.45, 7) is 1.70. The fraction of sp³-hybridized carbons (Fsp3) is 0.733. The van der Waals surface area contributed by atoms with Crippen molar-refractivity contribution in [1.82, 2.24) is 16.0 Å². The zero-order chi connectivity index (χ0) is 14.2. The lowest BCUT2D eigenvalue weighted by molar-refractivity contribution is -0.124. The summed E-state index contributed by atoms with van der Waals surface area (Å²) in [5.41, 5.74) is 0. The number of hydrogen-bond acceptors (Lipinski definition) is 3. The minimum absolute atomic E-state index is 0.0377. The van der Waals surface area contributed by atoms with E-state index < -0.39 is 6.03 Å². The fourth-order valence-electron chi connectivity index (χ4n) is 2.92. The highest BCUT2D eigenvalue weighted by Gasteiger charge is 2.22. The molecule has 0 aromatic rings. The monoisotopic (exact) mass is 279 g/mol. The van der Waals surface area contributed by atoms with E-state index in [9.17, 15) is 9.59 Å². The molecule has 0 atom stereocenters. The van der Waals surface area contributed by atoms with Gasteiger partial charge in [0.05, 0.1) is 0 Å². The third kappa shape index (κ3) is 4.96. The van der Waals surface area contributed by atoms with E-state index in [4.69, 9.17) is 0 Å². The molecule has 0 aromatic heterocycles. The lowest BCUT2D eigenvalue weighted by atomic mass is 9.89. The second-order valence-electron chi connectivity index (χ2n) is 5.74. The normalized spacial score (nSPS) is 21.8. The number of imide groups is 1. The van der Waals surface area contributed by atoms with Gasteiger partial charge in [0.1, 0.15) is 0 Å². The van der Waals surface area contributed by atoms with Crippen LogP contribution in [0.1, 0.15) is 44.9 Å². The number of amides is 3. The van der Waals surface area contributed by atoms with Crippen molar-refractivity contribution in [2.45, 2.75) is 44.9 Å². The molecule has 1 saturated carbocycles. The van der Waals surface area contributed by atoms with Crippen LogP contribution in [0.5, 0.6) is 0 Å². The van der Waals surface area contributed by atoms with Gasteiger partial charge in [-0.3, -0.25) is 10.1 Å². The van der Waals surface area contributed by atoms with Gasteiger partial charge in [-0.1, -0.05) is 25.3 Å². The molecule has 3 amide bonds. The first-order chi connectivity index (χ1) is 9.75. The van der Waals surface area contributed by atoms with Gasteiger partial charge < -0.3 is 10.6 Å². The van der Waals surface area contributed by atoms with Gasteiger partial charge in [-0.05, 0) is 44.7 Å².